The lowest BCUT2D eigenvalue weighted by molar-refractivity contribution is -0.00683. The molecule has 1 rings (SSSR count). The summed E-state index contributed by atoms with van der Waals surface area (Å²) in [6.45, 7) is 0. The van der Waals surface area contributed by atoms with Crippen LogP contribution in [0.15, 0.2) is 24.3 Å². The Labute approximate surface area is 57.1 Å². The van der Waals surface area contributed by atoms with Crippen LogP contribution in [0.5, 0.6) is 5.75 Å². The van der Waals surface area contributed by atoms with Crippen LogP contribution < -0.4 is 4.94 Å². The third-order valence-electron chi connectivity index (χ3n) is 1.13. The lowest BCUT2D eigenvalue weighted by Crippen LogP contribution is -1.84. The monoisotopic (exact) mass is 140 g/mol. The van der Waals surface area contributed by atoms with Crippen LogP contribution in [0.3, 0.4) is 0 Å². The van der Waals surface area contributed by atoms with Crippen molar-refractivity contribution in [2.24, 2.45) is 0 Å². The maximum atomic E-state index is 11.5. The molecule has 52 valence electrons. The van der Waals surface area contributed by atoms with E-state index in [1.807, 2.05) is 0 Å². The first kappa shape index (κ1) is 6.74. The van der Waals surface area contributed by atoms with Gasteiger partial charge in [0, 0.05) is 4.53 Å². The molecule has 0 saturated heterocycles. The lowest BCUT2D eigenvalue weighted by atomic mass is 10.2. The molecule has 0 aromatic heterocycles. The molecule has 0 radical (unpaired) electrons. The lowest BCUT2D eigenvalue weighted by Gasteiger charge is -1.94. The summed E-state index contributed by atoms with van der Waals surface area (Å²) >= 11 is 0. The summed E-state index contributed by atoms with van der Waals surface area (Å²) in [5.41, 5.74) is 0.213. The van der Waals surface area contributed by atoms with E-state index in [4.69, 9.17) is 0 Å². The number of rotatable bonds is 2. The molecule has 0 saturated carbocycles. The Bertz CT molecular complexity index is 235. The molecule has 0 amide bonds. The molecule has 0 N–H and O–H groups in total. The number of carbonyl (C=O) groups excluding carboxylic acids is 1. The quantitative estimate of drug-likeness (QED) is 0.585. The summed E-state index contributed by atoms with van der Waals surface area (Å²) in [4.78, 5) is 13.5. The van der Waals surface area contributed by atoms with Gasteiger partial charge in [-0.15, -0.1) is 0 Å². The minimum Gasteiger partial charge on any atom is -0.298 e. The highest BCUT2D eigenvalue weighted by Gasteiger charge is 1.99. The molecule has 0 aliphatic carbocycles. The van der Waals surface area contributed by atoms with E-state index in [9.17, 15) is 9.32 Å². The van der Waals surface area contributed by atoms with E-state index in [-0.39, 0.29) is 11.3 Å². The van der Waals surface area contributed by atoms with Gasteiger partial charge in [0.15, 0.2) is 12.0 Å². The van der Waals surface area contributed by atoms with Crippen LogP contribution in [-0.4, -0.2) is 6.29 Å². The predicted molar refractivity (Wildman–Crippen MR) is 33.6 cm³/mol. The average molecular weight is 140 g/mol. The molecule has 10 heavy (non-hydrogen) atoms. The Balaban J connectivity index is 3.08. The summed E-state index contributed by atoms with van der Waals surface area (Å²) in [7, 11) is 0. The summed E-state index contributed by atoms with van der Waals surface area (Å²) in [6.07, 6.45) is 0.537. The minimum absolute atomic E-state index is 0.0440. The Hall–Kier alpha value is -1.38. The molecule has 2 nitrogen and oxygen atoms in total. The van der Waals surface area contributed by atoms with Gasteiger partial charge in [-0.1, -0.05) is 12.1 Å². The Morgan fingerprint density at radius 3 is 2.60 bits per heavy atom. The fraction of sp³-hybridized carbons (Fsp3) is 0. The Morgan fingerprint density at radius 2 is 2.10 bits per heavy atom. The number of hydrogen-bond acceptors (Lipinski definition) is 2. The zero-order valence-electron chi connectivity index (χ0n) is 5.08. The van der Waals surface area contributed by atoms with E-state index in [2.05, 4.69) is 4.94 Å². The first-order valence-electron chi connectivity index (χ1n) is 2.71. The Kier molecular flexibility index (Phi) is 1.99. The molecule has 0 aliphatic heterocycles. The number of carbonyl (C=O) groups is 1. The molecule has 0 spiro atoms. The van der Waals surface area contributed by atoms with Crippen LogP contribution in [0.4, 0.5) is 4.53 Å². The molecule has 0 fully saturated rings. The summed E-state index contributed by atoms with van der Waals surface area (Å²) < 4.78 is 11.5. The van der Waals surface area contributed by atoms with Crippen molar-refractivity contribution in [1.29, 1.82) is 0 Å². The van der Waals surface area contributed by atoms with Crippen molar-refractivity contribution in [1.82, 2.24) is 0 Å². The number of para-hydroxylation sites is 1. The van der Waals surface area contributed by atoms with Crippen molar-refractivity contribution in [3.05, 3.63) is 29.8 Å². The molecule has 0 atom stereocenters. The van der Waals surface area contributed by atoms with Crippen molar-refractivity contribution >= 4 is 6.29 Å². The van der Waals surface area contributed by atoms with Gasteiger partial charge in [-0.3, -0.25) is 9.74 Å². The molecule has 0 unspecified atom stereocenters. The van der Waals surface area contributed by atoms with Crippen LogP contribution in [-0.2, 0) is 0 Å². The van der Waals surface area contributed by atoms with Crippen molar-refractivity contribution in [2.45, 2.75) is 0 Å². The van der Waals surface area contributed by atoms with Crippen LogP contribution in [0, 0.1) is 0 Å². The van der Waals surface area contributed by atoms with Crippen LogP contribution >= 0.6 is 0 Å². The first-order chi connectivity index (χ1) is 4.88. The first-order valence-corrected chi connectivity index (χ1v) is 2.71. The van der Waals surface area contributed by atoms with Gasteiger partial charge in [0.05, 0.1) is 5.56 Å². The van der Waals surface area contributed by atoms with Gasteiger partial charge in [0.2, 0.25) is 0 Å². The van der Waals surface area contributed by atoms with Crippen molar-refractivity contribution in [3.8, 4) is 5.75 Å². The molecule has 0 heterocycles. The van der Waals surface area contributed by atoms with E-state index >= 15 is 0 Å². The molecular weight excluding hydrogens is 135 g/mol. The molecule has 1 aromatic rings. The summed E-state index contributed by atoms with van der Waals surface area (Å²) in [5.74, 6) is -0.0440. The number of hydrogen-bond donors (Lipinski definition) is 0. The number of benzene rings is 1. The fourth-order valence-electron chi connectivity index (χ4n) is 0.648. The maximum absolute atomic E-state index is 11.5. The minimum atomic E-state index is -0.0440. The van der Waals surface area contributed by atoms with Crippen molar-refractivity contribution < 1.29 is 14.3 Å². The van der Waals surface area contributed by atoms with E-state index in [0.717, 1.165) is 0 Å². The van der Waals surface area contributed by atoms with E-state index in [1.54, 1.807) is 12.1 Å². The second kappa shape index (κ2) is 2.96. The second-order valence-corrected chi connectivity index (χ2v) is 1.73. The summed E-state index contributed by atoms with van der Waals surface area (Å²) in [6, 6.07) is 6.07. The van der Waals surface area contributed by atoms with Crippen molar-refractivity contribution in [2.75, 3.05) is 0 Å². The second-order valence-electron chi connectivity index (χ2n) is 1.73. The predicted octanol–water partition coefficient (Wildman–Crippen LogP) is 1.76. The Morgan fingerprint density at radius 1 is 1.40 bits per heavy atom. The molecule has 3 heteroatoms. The number of aldehydes is 1. The highest BCUT2D eigenvalue weighted by atomic mass is 19.3. The molecule has 1 aromatic carbocycles. The standard InChI is InChI=1S/C7H5FO2/c8-10-7-4-2-1-3-6(7)5-9/h1-5H. The van der Waals surface area contributed by atoms with Gasteiger partial charge in [-0.2, -0.15) is 0 Å². The van der Waals surface area contributed by atoms with Gasteiger partial charge < -0.3 is 0 Å². The van der Waals surface area contributed by atoms with Crippen LogP contribution in [0.1, 0.15) is 10.4 Å². The van der Waals surface area contributed by atoms with Crippen LogP contribution in [0.25, 0.3) is 0 Å². The van der Waals surface area contributed by atoms with Gasteiger partial charge in [0.25, 0.3) is 0 Å². The van der Waals surface area contributed by atoms with E-state index in [0.29, 0.717) is 6.29 Å². The third-order valence-corrected chi connectivity index (χ3v) is 1.13. The normalized spacial score (nSPS) is 8.90. The highest BCUT2D eigenvalue weighted by molar-refractivity contribution is 5.78. The van der Waals surface area contributed by atoms with Crippen LogP contribution in [0.2, 0.25) is 0 Å². The van der Waals surface area contributed by atoms with Gasteiger partial charge in [-0.25, -0.2) is 0 Å². The van der Waals surface area contributed by atoms with E-state index < -0.39 is 0 Å². The van der Waals surface area contributed by atoms with Crippen molar-refractivity contribution in [3.63, 3.8) is 0 Å². The largest absolute Gasteiger partial charge is 0.298 e. The SMILES string of the molecule is O=Cc1ccccc1OF. The smallest absolute Gasteiger partial charge is 0.182 e. The number of halogens is 1. The molecular formula is C7H5FO2. The highest BCUT2D eigenvalue weighted by Crippen LogP contribution is 2.15. The zero-order valence-corrected chi connectivity index (χ0v) is 5.08. The third kappa shape index (κ3) is 1.13. The molecule has 0 aliphatic rings. The maximum Gasteiger partial charge on any atom is 0.182 e. The molecule has 0 bridgehead atoms. The van der Waals surface area contributed by atoms with Gasteiger partial charge in [0.1, 0.15) is 0 Å². The summed E-state index contributed by atoms with van der Waals surface area (Å²) in [5, 5.41) is 0. The zero-order chi connectivity index (χ0) is 7.40. The van der Waals surface area contributed by atoms with Gasteiger partial charge >= 0.3 is 0 Å². The van der Waals surface area contributed by atoms with Gasteiger partial charge in [-0.05, 0) is 12.1 Å². The fourth-order valence-corrected chi connectivity index (χ4v) is 0.648. The topological polar surface area (TPSA) is 26.3 Å². The average Bonchev–Trinajstić information content (AvgIpc) is 2.04. The van der Waals surface area contributed by atoms with E-state index in [1.165, 1.54) is 12.1 Å².